The van der Waals surface area contributed by atoms with E-state index in [0.717, 1.165) is 44.3 Å². The van der Waals surface area contributed by atoms with E-state index in [2.05, 4.69) is 18.8 Å². The zero-order valence-corrected chi connectivity index (χ0v) is 11.9. The highest BCUT2D eigenvalue weighted by molar-refractivity contribution is 5.95. The monoisotopic (exact) mass is 261 g/mol. The molecule has 1 atom stereocenters. The summed E-state index contributed by atoms with van der Waals surface area (Å²) in [7, 11) is 0. The van der Waals surface area contributed by atoms with Gasteiger partial charge >= 0.3 is 0 Å². The minimum Gasteiger partial charge on any atom is -0.384 e. The van der Waals surface area contributed by atoms with Crippen molar-refractivity contribution in [2.75, 3.05) is 12.3 Å². The van der Waals surface area contributed by atoms with Crippen molar-refractivity contribution in [2.24, 2.45) is 0 Å². The number of likely N-dealkylation sites (tertiary alicyclic amines) is 1. The van der Waals surface area contributed by atoms with Crippen molar-refractivity contribution in [3.63, 3.8) is 0 Å². The number of amides is 1. The van der Waals surface area contributed by atoms with Gasteiger partial charge < -0.3 is 10.6 Å². The van der Waals surface area contributed by atoms with Crippen LogP contribution in [0.5, 0.6) is 0 Å². The lowest BCUT2D eigenvalue weighted by atomic mass is 10.1. The second-order valence-corrected chi connectivity index (χ2v) is 5.22. The molecule has 0 aliphatic carbocycles. The number of carbonyl (C=O) groups excluding carboxylic acids is 1. The third kappa shape index (κ3) is 3.06. The Hall–Kier alpha value is -1.58. The molecule has 1 fully saturated rings. The maximum Gasteiger partial charge on any atom is 0.254 e. The van der Waals surface area contributed by atoms with Gasteiger partial charge in [0.2, 0.25) is 0 Å². The number of aromatic nitrogens is 1. The van der Waals surface area contributed by atoms with Crippen LogP contribution in [0.1, 0.15) is 55.6 Å². The van der Waals surface area contributed by atoms with Crippen LogP contribution in [0.2, 0.25) is 0 Å². The average Bonchev–Trinajstić information content (AvgIpc) is 2.85. The number of nitrogens with two attached hydrogens (primary N) is 1. The van der Waals surface area contributed by atoms with Crippen LogP contribution in [0.25, 0.3) is 0 Å². The first kappa shape index (κ1) is 13.8. The standard InChI is InChI=1S/C15H23N3O/c1-3-6-12-9-11(10-14(16)17-12)15(19)18-8-5-7-13(18)4-2/h9-10,13H,3-8H2,1-2H3,(H2,16,17). The molecule has 1 unspecified atom stereocenters. The summed E-state index contributed by atoms with van der Waals surface area (Å²) in [6.45, 7) is 5.10. The first-order valence-corrected chi connectivity index (χ1v) is 7.23. The van der Waals surface area contributed by atoms with E-state index in [0.29, 0.717) is 17.4 Å². The van der Waals surface area contributed by atoms with Crippen molar-refractivity contribution in [2.45, 2.75) is 52.0 Å². The molecule has 0 bridgehead atoms. The van der Waals surface area contributed by atoms with Crippen LogP contribution < -0.4 is 5.73 Å². The van der Waals surface area contributed by atoms with Crippen molar-refractivity contribution in [1.29, 1.82) is 0 Å². The molecule has 4 nitrogen and oxygen atoms in total. The molecule has 0 radical (unpaired) electrons. The molecule has 1 amide bonds. The van der Waals surface area contributed by atoms with Gasteiger partial charge in [0.25, 0.3) is 5.91 Å². The van der Waals surface area contributed by atoms with Gasteiger partial charge in [-0.15, -0.1) is 0 Å². The molecule has 1 aliphatic heterocycles. The zero-order valence-electron chi connectivity index (χ0n) is 11.9. The van der Waals surface area contributed by atoms with Gasteiger partial charge in [0, 0.05) is 23.8 Å². The molecule has 2 N–H and O–H groups in total. The van der Waals surface area contributed by atoms with E-state index in [-0.39, 0.29) is 5.91 Å². The van der Waals surface area contributed by atoms with E-state index in [4.69, 9.17) is 5.73 Å². The lowest BCUT2D eigenvalue weighted by Gasteiger charge is -2.24. The number of nitrogens with zero attached hydrogens (tertiary/aromatic N) is 2. The van der Waals surface area contributed by atoms with Gasteiger partial charge in [0.1, 0.15) is 5.82 Å². The predicted molar refractivity (Wildman–Crippen MR) is 77.0 cm³/mol. The summed E-state index contributed by atoms with van der Waals surface area (Å²) < 4.78 is 0. The summed E-state index contributed by atoms with van der Waals surface area (Å²) in [5.41, 5.74) is 7.42. The average molecular weight is 261 g/mol. The van der Waals surface area contributed by atoms with Gasteiger partial charge in [-0.1, -0.05) is 20.3 Å². The number of carbonyl (C=O) groups is 1. The Morgan fingerprint density at radius 2 is 2.26 bits per heavy atom. The van der Waals surface area contributed by atoms with Crippen LogP contribution >= 0.6 is 0 Å². The maximum absolute atomic E-state index is 12.6. The van der Waals surface area contributed by atoms with Gasteiger partial charge in [-0.2, -0.15) is 0 Å². The highest BCUT2D eigenvalue weighted by Gasteiger charge is 2.28. The van der Waals surface area contributed by atoms with Crippen molar-refractivity contribution in [1.82, 2.24) is 9.88 Å². The number of rotatable bonds is 4. The van der Waals surface area contributed by atoms with Crippen molar-refractivity contribution in [3.05, 3.63) is 23.4 Å². The summed E-state index contributed by atoms with van der Waals surface area (Å²) in [5, 5.41) is 0. The summed E-state index contributed by atoms with van der Waals surface area (Å²) in [6.07, 6.45) is 5.11. The Balaban J connectivity index is 2.23. The smallest absolute Gasteiger partial charge is 0.254 e. The van der Waals surface area contributed by atoms with Crippen LogP contribution in [-0.4, -0.2) is 28.4 Å². The van der Waals surface area contributed by atoms with E-state index in [1.54, 1.807) is 6.07 Å². The van der Waals surface area contributed by atoms with Crippen molar-refractivity contribution < 1.29 is 4.79 Å². The highest BCUT2D eigenvalue weighted by atomic mass is 16.2. The van der Waals surface area contributed by atoms with Crippen LogP contribution in [-0.2, 0) is 6.42 Å². The second kappa shape index (κ2) is 6.04. The molecule has 2 rings (SSSR count). The summed E-state index contributed by atoms with van der Waals surface area (Å²) in [6, 6.07) is 3.98. The first-order valence-electron chi connectivity index (χ1n) is 7.23. The fraction of sp³-hybridized carbons (Fsp3) is 0.600. The molecule has 4 heteroatoms. The number of nitrogen functional groups attached to an aromatic ring is 1. The third-order valence-corrected chi connectivity index (χ3v) is 3.76. The van der Waals surface area contributed by atoms with Crippen LogP contribution in [0.4, 0.5) is 5.82 Å². The SMILES string of the molecule is CCCc1cc(C(=O)N2CCCC2CC)cc(N)n1. The number of hydrogen-bond donors (Lipinski definition) is 1. The molecule has 1 aromatic heterocycles. The van der Waals surface area contributed by atoms with E-state index in [9.17, 15) is 4.79 Å². The molecule has 1 saturated heterocycles. The van der Waals surface area contributed by atoms with Crippen LogP contribution in [0.3, 0.4) is 0 Å². The number of hydrogen-bond acceptors (Lipinski definition) is 3. The lowest BCUT2D eigenvalue weighted by Crippen LogP contribution is -2.35. The van der Waals surface area contributed by atoms with Gasteiger partial charge in [-0.25, -0.2) is 4.98 Å². The Kier molecular flexibility index (Phi) is 4.40. The third-order valence-electron chi connectivity index (χ3n) is 3.76. The van der Waals surface area contributed by atoms with E-state index >= 15 is 0 Å². The topological polar surface area (TPSA) is 59.2 Å². The van der Waals surface area contributed by atoms with E-state index < -0.39 is 0 Å². The molecule has 0 spiro atoms. The molecule has 104 valence electrons. The summed E-state index contributed by atoms with van der Waals surface area (Å²) in [4.78, 5) is 18.8. The Bertz CT molecular complexity index is 459. The minimum absolute atomic E-state index is 0.107. The molecule has 2 heterocycles. The van der Waals surface area contributed by atoms with E-state index in [1.807, 2.05) is 11.0 Å². The largest absolute Gasteiger partial charge is 0.384 e. The molecule has 0 aromatic carbocycles. The van der Waals surface area contributed by atoms with E-state index in [1.165, 1.54) is 0 Å². The predicted octanol–water partition coefficient (Wildman–Crippen LogP) is 2.63. The normalized spacial score (nSPS) is 18.8. The van der Waals surface area contributed by atoms with Gasteiger partial charge in [-0.05, 0) is 37.8 Å². The molecule has 1 aromatic rings. The minimum atomic E-state index is 0.107. The zero-order chi connectivity index (χ0) is 13.8. The van der Waals surface area contributed by atoms with Crippen LogP contribution in [0.15, 0.2) is 12.1 Å². The summed E-state index contributed by atoms with van der Waals surface area (Å²) in [5.74, 6) is 0.553. The van der Waals surface area contributed by atoms with Crippen LogP contribution in [0, 0.1) is 0 Å². The Labute approximate surface area is 115 Å². The lowest BCUT2D eigenvalue weighted by molar-refractivity contribution is 0.0733. The van der Waals surface area contributed by atoms with Crippen molar-refractivity contribution >= 4 is 11.7 Å². The molecular weight excluding hydrogens is 238 g/mol. The Morgan fingerprint density at radius 3 is 2.95 bits per heavy atom. The molecule has 1 aliphatic rings. The fourth-order valence-corrected chi connectivity index (χ4v) is 2.81. The van der Waals surface area contributed by atoms with Gasteiger partial charge in [-0.3, -0.25) is 4.79 Å². The number of aryl methyl sites for hydroxylation is 1. The quantitative estimate of drug-likeness (QED) is 0.906. The number of anilines is 1. The molecular formula is C15H23N3O. The highest BCUT2D eigenvalue weighted by Crippen LogP contribution is 2.23. The second-order valence-electron chi connectivity index (χ2n) is 5.22. The first-order chi connectivity index (χ1) is 9.15. The molecule has 0 saturated carbocycles. The van der Waals surface area contributed by atoms with Crippen molar-refractivity contribution in [3.8, 4) is 0 Å². The summed E-state index contributed by atoms with van der Waals surface area (Å²) >= 11 is 0. The molecule has 19 heavy (non-hydrogen) atoms. The Morgan fingerprint density at radius 1 is 1.47 bits per heavy atom. The maximum atomic E-state index is 12.6. The van der Waals surface area contributed by atoms with Gasteiger partial charge in [0.05, 0.1) is 0 Å². The van der Waals surface area contributed by atoms with Gasteiger partial charge in [0.15, 0.2) is 0 Å². The number of pyridine rings is 1. The fourth-order valence-electron chi connectivity index (χ4n) is 2.81.